The van der Waals surface area contributed by atoms with Crippen LogP contribution in [0.2, 0.25) is 5.02 Å². The Morgan fingerprint density at radius 2 is 1.75 bits per heavy atom. The van der Waals surface area contributed by atoms with Crippen LogP contribution in [-0.4, -0.2) is 4.98 Å². The SMILES string of the molecule is ClCc1ccccc1-c1csc(-c2ccc(Cl)cc2)n1. The molecule has 3 aromatic rings. The first-order chi connectivity index (χ1) is 9.78. The third-order valence-corrected chi connectivity index (χ3v) is 4.46. The second-order valence-corrected chi connectivity index (χ2v) is 5.90. The van der Waals surface area contributed by atoms with Crippen LogP contribution in [0.4, 0.5) is 0 Å². The Morgan fingerprint density at radius 1 is 1.00 bits per heavy atom. The first kappa shape index (κ1) is 13.6. The smallest absolute Gasteiger partial charge is 0.124 e. The Bertz CT molecular complexity index is 719. The maximum Gasteiger partial charge on any atom is 0.124 e. The van der Waals surface area contributed by atoms with Crippen molar-refractivity contribution < 1.29 is 0 Å². The summed E-state index contributed by atoms with van der Waals surface area (Å²) in [5.74, 6) is 0.490. The zero-order valence-corrected chi connectivity index (χ0v) is 12.8. The molecule has 0 aliphatic carbocycles. The van der Waals surface area contributed by atoms with Crippen LogP contribution in [0.3, 0.4) is 0 Å². The molecule has 2 aromatic carbocycles. The summed E-state index contributed by atoms with van der Waals surface area (Å²) in [6.07, 6.45) is 0. The quantitative estimate of drug-likeness (QED) is 0.550. The molecular weight excluding hydrogens is 309 g/mol. The lowest BCUT2D eigenvalue weighted by molar-refractivity contribution is 1.34. The van der Waals surface area contributed by atoms with Gasteiger partial charge in [0.2, 0.25) is 0 Å². The van der Waals surface area contributed by atoms with Gasteiger partial charge in [0, 0.05) is 27.4 Å². The zero-order valence-electron chi connectivity index (χ0n) is 10.5. The van der Waals surface area contributed by atoms with Crippen LogP contribution in [0.25, 0.3) is 21.8 Å². The van der Waals surface area contributed by atoms with E-state index in [1.54, 1.807) is 11.3 Å². The normalized spacial score (nSPS) is 10.7. The van der Waals surface area contributed by atoms with Crippen molar-refractivity contribution in [1.82, 2.24) is 4.98 Å². The van der Waals surface area contributed by atoms with E-state index in [2.05, 4.69) is 11.4 Å². The Kier molecular flexibility index (Phi) is 4.06. The van der Waals surface area contributed by atoms with Crippen LogP contribution in [0.15, 0.2) is 53.9 Å². The van der Waals surface area contributed by atoms with Gasteiger partial charge in [0.05, 0.1) is 5.69 Å². The lowest BCUT2D eigenvalue weighted by atomic mass is 10.1. The molecule has 1 nitrogen and oxygen atoms in total. The average Bonchev–Trinajstić information content (AvgIpc) is 2.97. The highest BCUT2D eigenvalue weighted by Crippen LogP contribution is 2.31. The number of hydrogen-bond acceptors (Lipinski definition) is 2. The van der Waals surface area contributed by atoms with E-state index in [1.165, 1.54) is 0 Å². The van der Waals surface area contributed by atoms with Gasteiger partial charge in [-0.05, 0) is 17.7 Å². The van der Waals surface area contributed by atoms with Gasteiger partial charge in [0.15, 0.2) is 0 Å². The summed E-state index contributed by atoms with van der Waals surface area (Å²) >= 11 is 13.5. The van der Waals surface area contributed by atoms with E-state index in [9.17, 15) is 0 Å². The molecule has 100 valence electrons. The first-order valence-electron chi connectivity index (χ1n) is 6.13. The highest BCUT2D eigenvalue weighted by atomic mass is 35.5. The molecule has 0 unspecified atom stereocenters. The predicted molar refractivity (Wildman–Crippen MR) is 87.6 cm³/mol. The minimum absolute atomic E-state index is 0.490. The van der Waals surface area contributed by atoms with Gasteiger partial charge in [-0.3, -0.25) is 0 Å². The van der Waals surface area contributed by atoms with E-state index >= 15 is 0 Å². The van der Waals surface area contributed by atoms with E-state index < -0.39 is 0 Å². The molecule has 0 bridgehead atoms. The number of benzene rings is 2. The fraction of sp³-hybridized carbons (Fsp3) is 0.0625. The van der Waals surface area contributed by atoms with Crippen LogP contribution in [-0.2, 0) is 5.88 Å². The Morgan fingerprint density at radius 3 is 2.50 bits per heavy atom. The second-order valence-electron chi connectivity index (χ2n) is 4.34. The summed E-state index contributed by atoms with van der Waals surface area (Å²) in [6.45, 7) is 0. The van der Waals surface area contributed by atoms with Crippen molar-refractivity contribution >= 4 is 34.5 Å². The van der Waals surface area contributed by atoms with Gasteiger partial charge in [-0.15, -0.1) is 22.9 Å². The number of thiazole rings is 1. The molecule has 0 atom stereocenters. The summed E-state index contributed by atoms with van der Waals surface area (Å²) in [4.78, 5) is 4.71. The van der Waals surface area contributed by atoms with Gasteiger partial charge >= 0.3 is 0 Å². The number of hydrogen-bond donors (Lipinski definition) is 0. The van der Waals surface area contributed by atoms with Gasteiger partial charge in [-0.25, -0.2) is 4.98 Å². The predicted octanol–water partition coefficient (Wildman–Crippen LogP) is 5.87. The summed E-state index contributed by atoms with van der Waals surface area (Å²) in [7, 11) is 0. The maximum atomic E-state index is 5.98. The molecule has 0 radical (unpaired) electrons. The van der Waals surface area contributed by atoms with E-state index in [-0.39, 0.29) is 0 Å². The minimum Gasteiger partial charge on any atom is -0.236 e. The van der Waals surface area contributed by atoms with Gasteiger partial charge in [0.1, 0.15) is 5.01 Å². The molecular formula is C16H11Cl2NS. The number of nitrogens with zero attached hydrogens (tertiary/aromatic N) is 1. The summed E-state index contributed by atoms with van der Waals surface area (Å²) in [5, 5.41) is 3.79. The number of rotatable bonds is 3. The van der Waals surface area contributed by atoms with E-state index in [1.807, 2.05) is 42.5 Å². The molecule has 20 heavy (non-hydrogen) atoms. The minimum atomic E-state index is 0.490. The zero-order chi connectivity index (χ0) is 13.9. The molecule has 1 heterocycles. The molecule has 3 rings (SSSR count). The van der Waals surface area contributed by atoms with Gasteiger partial charge in [-0.2, -0.15) is 0 Å². The number of halogens is 2. The standard InChI is InChI=1S/C16H11Cl2NS/c17-9-12-3-1-2-4-14(12)15-10-20-16(19-15)11-5-7-13(18)8-6-11/h1-8,10H,9H2. The van der Waals surface area contributed by atoms with Crippen molar-refractivity contribution in [3.8, 4) is 21.8 Å². The third kappa shape index (κ3) is 2.73. The molecule has 0 saturated carbocycles. The molecule has 0 N–H and O–H groups in total. The van der Waals surface area contributed by atoms with Gasteiger partial charge in [0.25, 0.3) is 0 Å². The van der Waals surface area contributed by atoms with Gasteiger partial charge in [-0.1, -0.05) is 48.0 Å². The Hall–Kier alpha value is -1.35. The van der Waals surface area contributed by atoms with Crippen molar-refractivity contribution in [2.75, 3.05) is 0 Å². The molecule has 0 aliphatic rings. The van der Waals surface area contributed by atoms with E-state index in [4.69, 9.17) is 28.2 Å². The van der Waals surface area contributed by atoms with Crippen molar-refractivity contribution in [3.05, 3.63) is 64.5 Å². The maximum absolute atomic E-state index is 5.98. The largest absolute Gasteiger partial charge is 0.236 e. The van der Waals surface area contributed by atoms with Gasteiger partial charge < -0.3 is 0 Å². The summed E-state index contributed by atoms with van der Waals surface area (Å²) in [5.41, 5.74) is 4.24. The molecule has 0 fully saturated rings. The molecule has 0 amide bonds. The van der Waals surface area contributed by atoms with Crippen LogP contribution in [0, 0.1) is 0 Å². The van der Waals surface area contributed by atoms with Crippen LogP contribution in [0.1, 0.15) is 5.56 Å². The highest BCUT2D eigenvalue weighted by Gasteiger charge is 2.09. The lowest BCUT2D eigenvalue weighted by Crippen LogP contribution is -1.86. The van der Waals surface area contributed by atoms with Crippen LogP contribution in [0.5, 0.6) is 0 Å². The van der Waals surface area contributed by atoms with Crippen LogP contribution < -0.4 is 0 Å². The number of alkyl halides is 1. The van der Waals surface area contributed by atoms with Crippen molar-refractivity contribution in [2.45, 2.75) is 5.88 Å². The van der Waals surface area contributed by atoms with Crippen molar-refractivity contribution in [2.24, 2.45) is 0 Å². The Labute approximate surface area is 131 Å². The fourth-order valence-electron chi connectivity index (χ4n) is 2.01. The van der Waals surface area contributed by atoms with Crippen molar-refractivity contribution in [1.29, 1.82) is 0 Å². The lowest BCUT2D eigenvalue weighted by Gasteiger charge is -2.03. The first-order valence-corrected chi connectivity index (χ1v) is 7.93. The van der Waals surface area contributed by atoms with E-state index in [0.29, 0.717) is 5.88 Å². The second kappa shape index (κ2) is 5.96. The number of aromatic nitrogens is 1. The molecule has 0 spiro atoms. The highest BCUT2D eigenvalue weighted by molar-refractivity contribution is 7.13. The van der Waals surface area contributed by atoms with Crippen molar-refractivity contribution in [3.63, 3.8) is 0 Å². The molecule has 0 saturated heterocycles. The van der Waals surface area contributed by atoms with E-state index in [0.717, 1.165) is 32.4 Å². The third-order valence-electron chi connectivity index (χ3n) is 3.03. The molecule has 1 aromatic heterocycles. The fourth-order valence-corrected chi connectivity index (χ4v) is 3.19. The summed E-state index contributed by atoms with van der Waals surface area (Å²) < 4.78 is 0. The molecule has 0 aliphatic heterocycles. The topological polar surface area (TPSA) is 12.9 Å². The Balaban J connectivity index is 2.00. The molecule has 4 heteroatoms. The average molecular weight is 320 g/mol. The monoisotopic (exact) mass is 319 g/mol. The van der Waals surface area contributed by atoms with Crippen LogP contribution >= 0.6 is 34.5 Å². The summed E-state index contributed by atoms with van der Waals surface area (Å²) in [6, 6.07) is 15.8.